The number of nitrogen functional groups attached to an aromatic ring is 1. The lowest BCUT2D eigenvalue weighted by Gasteiger charge is -2.10. The molecule has 0 spiro atoms. The zero-order valence-corrected chi connectivity index (χ0v) is 18.9. The number of hydrogen-bond donors (Lipinski definition) is 2. The lowest BCUT2D eigenvalue weighted by atomic mass is 10.1. The Balaban J connectivity index is 0.00000149. The van der Waals surface area contributed by atoms with Crippen molar-refractivity contribution in [3.63, 3.8) is 0 Å². The highest BCUT2D eigenvalue weighted by molar-refractivity contribution is 6.34. The maximum Gasteiger partial charge on any atom is 0.416 e. The van der Waals surface area contributed by atoms with Crippen molar-refractivity contribution in [2.75, 3.05) is 11.1 Å². The third-order valence-corrected chi connectivity index (χ3v) is 5.26. The number of carbonyl (C=O) groups excluding carboxylic acids is 1. The van der Waals surface area contributed by atoms with Gasteiger partial charge in [-0.05, 0) is 48.5 Å². The summed E-state index contributed by atoms with van der Waals surface area (Å²) in [6, 6.07) is 15.0. The summed E-state index contributed by atoms with van der Waals surface area (Å²) in [5, 5.41) is 3.37. The molecule has 172 valence electrons. The molecule has 0 aliphatic carbocycles. The summed E-state index contributed by atoms with van der Waals surface area (Å²) in [4.78, 5) is 16.6. The molecule has 1 amide bonds. The van der Waals surface area contributed by atoms with Gasteiger partial charge in [-0.3, -0.25) is 4.79 Å². The van der Waals surface area contributed by atoms with Gasteiger partial charge in [0.1, 0.15) is 11.6 Å². The van der Waals surface area contributed by atoms with E-state index in [1.54, 1.807) is 54.1 Å². The van der Waals surface area contributed by atoms with Crippen LogP contribution in [-0.4, -0.2) is 15.5 Å². The van der Waals surface area contributed by atoms with E-state index >= 15 is 0 Å². The molecule has 0 unspecified atom stereocenters. The Morgan fingerprint density at radius 3 is 2.39 bits per heavy atom. The van der Waals surface area contributed by atoms with Crippen molar-refractivity contribution >= 4 is 40.0 Å². The third kappa shape index (κ3) is 4.96. The number of anilines is 2. The number of hydrogen-bond acceptors (Lipinski definition) is 3. The van der Waals surface area contributed by atoms with Gasteiger partial charge < -0.3 is 15.6 Å². The van der Waals surface area contributed by atoms with Crippen molar-refractivity contribution < 1.29 is 18.0 Å². The van der Waals surface area contributed by atoms with E-state index in [1.165, 1.54) is 6.07 Å². The summed E-state index contributed by atoms with van der Waals surface area (Å²) in [7, 11) is 1.73. The largest absolute Gasteiger partial charge is 0.416 e. The number of pyridine rings is 1. The van der Waals surface area contributed by atoms with Gasteiger partial charge >= 0.3 is 6.18 Å². The van der Waals surface area contributed by atoms with E-state index in [0.29, 0.717) is 32.7 Å². The number of benzene rings is 2. The molecule has 0 radical (unpaired) electrons. The van der Waals surface area contributed by atoms with Crippen LogP contribution in [0.1, 0.15) is 29.8 Å². The van der Waals surface area contributed by atoms with Crippen molar-refractivity contribution in [1.29, 1.82) is 0 Å². The Morgan fingerprint density at radius 1 is 1.06 bits per heavy atom. The molecule has 2 aromatic carbocycles. The van der Waals surface area contributed by atoms with Crippen molar-refractivity contribution in [3.8, 4) is 11.3 Å². The molecule has 5 nitrogen and oxygen atoms in total. The van der Waals surface area contributed by atoms with Gasteiger partial charge in [0.2, 0.25) is 0 Å². The van der Waals surface area contributed by atoms with Gasteiger partial charge in [0, 0.05) is 23.5 Å². The number of alkyl halides is 3. The van der Waals surface area contributed by atoms with Crippen LogP contribution in [0.15, 0.2) is 60.7 Å². The maximum atomic E-state index is 13.0. The van der Waals surface area contributed by atoms with Gasteiger partial charge in [-0.15, -0.1) is 0 Å². The molecular formula is C24H22ClF3N4O. The number of fused-ring (bicyclic) bond motifs is 1. The molecule has 4 rings (SSSR count). The van der Waals surface area contributed by atoms with Gasteiger partial charge in [0.15, 0.2) is 0 Å². The smallest absolute Gasteiger partial charge is 0.383 e. The first-order valence-corrected chi connectivity index (χ1v) is 10.5. The fourth-order valence-corrected chi connectivity index (χ4v) is 3.60. The highest BCUT2D eigenvalue weighted by atomic mass is 35.5. The van der Waals surface area contributed by atoms with Crippen LogP contribution in [0, 0.1) is 0 Å². The molecule has 9 heteroatoms. The van der Waals surface area contributed by atoms with Gasteiger partial charge in [0.25, 0.3) is 5.91 Å². The van der Waals surface area contributed by atoms with E-state index in [2.05, 4.69) is 10.3 Å². The number of nitrogens with two attached hydrogens (primary N) is 1. The van der Waals surface area contributed by atoms with Crippen LogP contribution in [0.2, 0.25) is 5.02 Å². The van der Waals surface area contributed by atoms with E-state index in [0.717, 1.165) is 12.1 Å². The molecule has 0 aliphatic heterocycles. The van der Waals surface area contributed by atoms with Gasteiger partial charge in [-0.1, -0.05) is 37.6 Å². The first kappa shape index (κ1) is 24.1. The SMILES string of the molecule is CC.Cn1c(-c2ccc(NC(=O)c3ccccc3Cl)nc2N)cc2cc(C(F)(F)F)ccc21. The summed E-state index contributed by atoms with van der Waals surface area (Å²) in [6.45, 7) is 4.00. The molecular weight excluding hydrogens is 453 g/mol. The van der Waals surface area contributed by atoms with Crippen LogP contribution in [0.4, 0.5) is 24.8 Å². The molecule has 0 saturated carbocycles. The van der Waals surface area contributed by atoms with Crippen LogP contribution in [-0.2, 0) is 13.2 Å². The first-order chi connectivity index (χ1) is 15.6. The second kappa shape index (κ2) is 9.54. The van der Waals surface area contributed by atoms with Crippen molar-refractivity contribution in [3.05, 3.63) is 76.8 Å². The minimum absolute atomic E-state index is 0.124. The molecule has 0 atom stereocenters. The Morgan fingerprint density at radius 2 is 1.76 bits per heavy atom. The first-order valence-electron chi connectivity index (χ1n) is 10.1. The standard InChI is InChI=1S/C22H16ClF3N4O.C2H6/c1-30-17-8-6-13(22(24,25)26)10-12(17)11-18(30)15-7-9-19(28-20(15)27)29-21(31)14-4-2-3-5-16(14)23;1-2/h2-11H,1H3,(H3,27,28,29,31);1-2H3. The van der Waals surface area contributed by atoms with Crippen LogP contribution >= 0.6 is 11.6 Å². The van der Waals surface area contributed by atoms with Crippen LogP contribution < -0.4 is 11.1 Å². The number of aromatic nitrogens is 2. The van der Waals surface area contributed by atoms with Gasteiger partial charge in [-0.2, -0.15) is 13.2 Å². The number of nitrogens with zero attached hydrogens (tertiary/aromatic N) is 2. The summed E-state index contributed by atoms with van der Waals surface area (Å²) in [5.41, 5.74) is 7.43. The molecule has 0 aliphatic rings. The monoisotopic (exact) mass is 474 g/mol. The van der Waals surface area contributed by atoms with E-state index in [1.807, 2.05) is 13.8 Å². The average molecular weight is 475 g/mol. The highest BCUT2D eigenvalue weighted by Crippen LogP contribution is 2.35. The second-order valence-electron chi connectivity index (χ2n) is 6.92. The number of carbonyl (C=O) groups is 1. The lowest BCUT2D eigenvalue weighted by molar-refractivity contribution is -0.137. The van der Waals surface area contributed by atoms with Crippen molar-refractivity contribution in [1.82, 2.24) is 9.55 Å². The Hall–Kier alpha value is -3.52. The van der Waals surface area contributed by atoms with E-state index in [9.17, 15) is 18.0 Å². The predicted octanol–water partition coefficient (Wildman–Crippen LogP) is 6.77. The summed E-state index contributed by atoms with van der Waals surface area (Å²) >= 11 is 6.04. The van der Waals surface area contributed by atoms with E-state index in [-0.39, 0.29) is 11.6 Å². The average Bonchev–Trinajstić information content (AvgIpc) is 3.10. The number of aryl methyl sites for hydroxylation is 1. The molecule has 0 saturated heterocycles. The normalized spacial score (nSPS) is 11.1. The van der Waals surface area contributed by atoms with Crippen molar-refractivity contribution in [2.24, 2.45) is 7.05 Å². The topological polar surface area (TPSA) is 72.9 Å². The molecule has 2 aromatic heterocycles. The second-order valence-corrected chi connectivity index (χ2v) is 7.33. The van der Waals surface area contributed by atoms with E-state index < -0.39 is 17.6 Å². The van der Waals surface area contributed by atoms with Crippen LogP contribution in [0.5, 0.6) is 0 Å². The van der Waals surface area contributed by atoms with Gasteiger partial charge in [0.05, 0.1) is 21.8 Å². The molecule has 4 aromatic rings. The Kier molecular flexibility index (Phi) is 6.98. The summed E-state index contributed by atoms with van der Waals surface area (Å²) in [6.07, 6.45) is -4.42. The lowest BCUT2D eigenvalue weighted by Crippen LogP contribution is -2.14. The predicted molar refractivity (Wildman–Crippen MR) is 126 cm³/mol. The van der Waals surface area contributed by atoms with E-state index in [4.69, 9.17) is 17.3 Å². The summed E-state index contributed by atoms with van der Waals surface area (Å²) in [5.74, 6) is -0.0854. The minimum atomic E-state index is -4.42. The van der Waals surface area contributed by atoms with Crippen LogP contribution in [0.25, 0.3) is 22.2 Å². The fourth-order valence-electron chi connectivity index (χ4n) is 3.37. The maximum absolute atomic E-state index is 13.0. The molecule has 33 heavy (non-hydrogen) atoms. The zero-order chi connectivity index (χ0) is 24.3. The number of amides is 1. The quantitative estimate of drug-likeness (QED) is 0.344. The molecule has 0 fully saturated rings. The minimum Gasteiger partial charge on any atom is -0.383 e. The third-order valence-electron chi connectivity index (χ3n) is 4.93. The number of rotatable bonds is 3. The van der Waals surface area contributed by atoms with Gasteiger partial charge in [-0.25, -0.2) is 4.98 Å². The Bertz CT molecular complexity index is 1320. The molecule has 0 bridgehead atoms. The molecule has 3 N–H and O–H groups in total. The Labute approximate surface area is 194 Å². The molecule has 2 heterocycles. The number of nitrogens with one attached hydrogen (secondary N) is 1. The highest BCUT2D eigenvalue weighted by Gasteiger charge is 2.30. The van der Waals surface area contributed by atoms with Crippen molar-refractivity contribution in [2.45, 2.75) is 20.0 Å². The zero-order valence-electron chi connectivity index (χ0n) is 18.2. The summed E-state index contributed by atoms with van der Waals surface area (Å²) < 4.78 is 40.8. The van der Waals surface area contributed by atoms with Crippen LogP contribution in [0.3, 0.4) is 0 Å². The number of halogens is 4. The fraction of sp³-hybridized carbons (Fsp3) is 0.167.